The highest BCUT2D eigenvalue weighted by Gasteiger charge is 2.11. The minimum Gasteiger partial charge on any atom is -0.389 e. The minimum atomic E-state index is -0.832. The molecule has 0 fully saturated rings. The standard InChI is InChI=1S/C8H17NO2/c1-4-7(10)8(11)5-9-6(2)3/h4,6-11H,1,5H2,2-3H3. The van der Waals surface area contributed by atoms with Gasteiger partial charge in [-0.25, -0.2) is 0 Å². The lowest BCUT2D eigenvalue weighted by Crippen LogP contribution is -2.38. The molecule has 0 heterocycles. The Morgan fingerprint density at radius 1 is 1.45 bits per heavy atom. The number of nitrogens with one attached hydrogen (secondary N) is 1. The minimum absolute atomic E-state index is 0.321. The van der Waals surface area contributed by atoms with Crippen molar-refractivity contribution in [2.24, 2.45) is 0 Å². The molecule has 3 heteroatoms. The number of aliphatic hydroxyl groups is 2. The average molecular weight is 159 g/mol. The Labute approximate surface area is 67.7 Å². The zero-order valence-corrected chi connectivity index (χ0v) is 7.12. The van der Waals surface area contributed by atoms with Crippen LogP contribution in [0.25, 0.3) is 0 Å². The SMILES string of the molecule is C=CC(O)C(O)CNC(C)C. The van der Waals surface area contributed by atoms with E-state index in [4.69, 9.17) is 5.11 Å². The number of rotatable bonds is 5. The van der Waals surface area contributed by atoms with Crippen molar-refractivity contribution in [3.8, 4) is 0 Å². The number of hydrogen-bond donors (Lipinski definition) is 3. The first-order valence-corrected chi connectivity index (χ1v) is 3.80. The van der Waals surface area contributed by atoms with Gasteiger partial charge in [0.1, 0.15) is 0 Å². The van der Waals surface area contributed by atoms with Crippen LogP contribution in [0.3, 0.4) is 0 Å². The van der Waals surface area contributed by atoms with Crippen LogP contribution in [0.2, 0.25) is 0 Å². The fourth-order valence-electron chi connectivity index (χ4n) is 0.634. The maximum atomic E-state index is 9.18. The van der Waals surface area contributed by atoms with Crippen molar-refractivity contribution in [2.75, 3.05) is 6.54 Å². The van der Waals surface area contributed by atoms with E-state index in [1.165, 1.54) is 6.08 Å². The van der Waals surface area contributed by atoms with E-state index in [1.54, 1.807) is 0 Å². The van der Waals surface area contributed by atoms with Crippen LogP contribution in [-0.4, -0.2) is 35.0 Å². The lowest BCUT2D eigenvalue weighted by molar-refractivity contribution is 0.0481. The molecule has 0 bridgehead atoms. The predicted molar refractivity (Wildman–Crippen MR) is 45.3 cm³/mol. The molecule has 0 rings (SSSR count). The predicted octanol–water partition coefficient (Wildman–Crippen LogP) is -0.108. The molecule has 11 heavy (non-hydrogen) atoms. The van der Waals surface area contributed by atoms with E-state index in [9.17, 15) is 5.11 Å². The molecule has 66 valence electrons. The highest BCUT2D eigenvalue weighted by molar-refractivity contribution is 4.85. The first kappa shape index (κ1) is 10.6. The Morgan fingerprint density at radius 3 is 2.36 bits per heavy atom. The topological polar surface area (TPSA) is 52.5 Å². The highest BCUT2D eigenvalue weighted by Crippen LogP contribution is 1.92. The van der Waals surface area contributed by atoms with Crippen LogP contribution >= 0.6 is 0 Å². The second-order valence-electron chi connectivity index (χ2n) is 2.86. The van der Waals surface area contributed by atoms with Gasteiger partial charge < -0.3 is 15.5 Å². The van der Waals surface area contributed by atoms with Crippen LogP contribution in [0.1, 0.15) is 13.8 Å². The summed E-state index contributed by atoms with van der Waals surface area (Å²) >= 11 is 0. The van der Waals surface area contributed by atoms with Crippen LogP contribution in [0.5, 0.6) is 0 Å². The summed E-state index contributed by atoms with van der Waals surface area (Å²) < 4.78 is 0. The van der Waals surface area contributed by atoms with Crippen molar-refractivity contribution >= 4 is 0 Å². The maximum absolute atomic E-state index is 9.18. The van der Waals surface area contributed by atoms with Gasteiger partial charge in [-0.2, -0.15) is 0 Å². The zero-order valence-electron chi connectivity index (χ0n) is 7.12. The van der Waals surface area contributed by atoms with Crippen molar-refractivity contribution in [3.05, 3.63) is 12.7 Å². The van der Waals surface area contributed by atoms with Gasteiger partial charge in [0.2, 0.25) is 0 Å². The summed E-state index contributed by atoms with van der Waals surface area (Å²) in [5.74, 6) is 0. The molecule has 2 unspecified atom stereocenters. The van der Waals surface area contributed by atoms with Crippen molar-refractivity contribution in [1.82, 2.24) is 5.32 Å². The smallest absolute Gasteiger partial charge is 0.0989 e. The number of aliphatic hydroxyl groups excluding tert-OH is 2. The maximum Gasteiger partial charge on any atom is 0.0989 e. The Bertz CT molecular complexity index is 115. The summed E-state index contributed by atoms with van der Waals surface area (Å²) in [7, 11) is 0. The van der Waals surface area contributed by atoms with E-state index in [1.807, 2.05) is 13.8 Å². The van der Waals surface area contributed by atoms with E-state index in [2.05, 4.69) is 11.9 Å². The summed E-state index contributed by atoms with van der Waals surface area (Å²) in [5, 5.41) is 21.2. The molecule has 2 atom stereocenters. The van der Waals surface area contributed by atoms with Crippen molar-refractivity contribution < 1.29 is 10.2 Å². The number of hydrogen-bond acceptors (Lipinski definition) is 3. The van der Waals surface area contributed by atoms with Gasteiger partial charge in [0.25, 0.3) is 0 Å². The second-order valence-corrected chi connectivity index (χ2v) is 2.86. The van der Waals surface area contributed by atoms with Crippen LogP contribution in [0.15, 0.2) is 12.7 Å². The summed E-state index contributed by atoms with van der Waals surface area (Å²) in [6, 6.07) is 0.321. The first-order chi connectivity index (χ1) is 5.07. The molecule has 0 amide bonds. The molecule has 3 nitrogen and oxygen atoms in total. The van der Waals surface area contributed by atoms with E-state index in [0.29, 0.717) is 12.6 Å². The molecule has 0 aliphatic rings. The van der Waals surface area contributed by atoms with E-state index >= 15 is 0 Å². The van der Waals surface area contributed by atoms with Gasteiger partial charge >= 0.3 is 0 Å². The highest BCUT2D eigenvalue weighted by atomic mass is 16.3. The molecule has 0 spiro atoms. The third-order valence-electron chi connectivity index (χ3n) is 1.37. The molecular weight excluding hydrogens is 142 g/mol. The van der Waals surface area contributed by atoms with E-state index in [0.717, 1.165) is 0 Å². The second kappa shape index (κ2) is 5.29. The Hall–Kier alpha value is -0.380. The largest absolute Gasteiger partial charge is 0.389 e. The van der Waals surface area contributed by atoms with Gasteiger partial charge in [0.05, 0.1) is 12.2 Å². The van der Waals surface area contributed by atoms with E-state index in [-0.39, 0.29) is 0 Å². The molecule has 0 saturated heterocycles. The molecule has 0 radical (unpaired) electrons. The van der Waals surface area contributed by atoms with Crippen molar-refractivity contribution in [2.45, 2.75) is 32.1 Å². The van der Waals surface area contributed by atoms with E-state index < -0.39 is 12.2 Å². The Kier molecular flexibility index (Phi) is 5.11. The molecule has 0 aromatic rings. The fraction of sp³-hybridized carbons (Fsp3) is 0.750. The summed E-state index contributed by atoms with van der Waals surface area (Å²) in [6.45, 7) is 7.72. The van der Waals surface area contributed by atoms with Crippen LogP contribution in [0.4, 0.5) is 0 Å². The zero-order chi connectivity index (χ0) is 8.85. The molecule has 0 aliphatic carbocycles. The first-order valence-electron chi connectivity index (χ1n) is 3.80. The summed E-state index contributed by atoms with van der Waals surface area (Å²) in [4.78, 5) is 0. The summed E-state index contributed by atoms with van der Waals surface area (Å²) in [6.07, 6.45) is -0.261. The van der Waals surface area contributed by atoms with Crippen molar-refractivity contribution in [1.29, 1.82) is 0 Å². The third kappa shape index (κ3) is 4.95. The average Bonchev–Trinajstić information content (AvgIpc) is 1.98. The van der Waals surface area contributed by atoms with Crippen molar-refractivity contribution in [3.63, 3.8) is 0 Å². The van der Waals surface area contributed by atoms with Crippen LogP contribution in [0, 0.1) is 0 Å². The Balaban J connectivity index is 3.51. The molecule has 3 N–H and O–H groups in total. The molecular formula is C8H17NO2. The molecule has 0 aliphatic heterocycles. The van der Waals surface area contributed by atoms with Gasteiger partial charge in [-0.15, -0.1) is 6.58 Å². The molecule has 0 aromatic heterocycles. The van der Waals surface area contributed by atoms with Gasteiger partial charge in [-0.3, -0.25) is 0 Å². The molecule has 0 aromatic carbocycles. The van der Waals surface area contributed by atoms with Gasteiger partial charge in [0, 0.05) is 12.6 Å². The quantitative estimate of drug-likeness (QED) is 0.491. The lowest BCUT2D eigenvalue weighted by atomic mass is 10.2. The van der Waals surface area contributed by atoms with Crippen LogP contribution in [-0.2, 0) is 0 Å². The molecule has 0 saturated carbocycles. The van der Waals surface area contributed by atoms with Gasteiger partial charge in [0.15, 0.2) is 0 Å². The Morgan fingerprint density at radius 2 is 2.00 bits per heavy atom. The van der Waals surface area contributed by atoms with Gasteiger partial charge in [-0.1, -0.05) is 19.9 Å². The van der Waals surface area contributed by atoms with Gasteiger partial charge in [-0.05, 0) is 0 Å². The van der Waals surface area contributed by atoms with Crippen LogP contribution < -0.4 is 5.32 Å². The third-order valence-corrected chi connectivity index (χ3v) is 1.37. The summed E-state index contributed by atoms with van der Waals surface area (Å²) in [5.41, 5.74) is 0. The normalized spacial score (nSPS) is 16.5. The fourth-order valence-corrected chi connectivity index (χ4v) is 0.634. The lowest BCUT2D eigenvalue weighted by Gasteiger charge is -2.16. The monoisotopic (exact) mass is 159 g/mol.